The maximum Gasteiger partial charge on any atom is 0.328 e. The van der Waals surface area contributed by atoms with Crippen LogP contribution >= 0.6 is 27.5 Å². The van der Waals surface area contributed by atoms with Crippen LogP contribution in [-0.2, 0) is 4.79 Å². The minimum absolute atomic E-state index is 0.377. The molecule has 0 saturated heterocycles. The lowest BCUT2D eigenvalue weighted by atomic mass is 10.2. The average molecular weight is 355 g/mol. The summed E-state index contributed by atoms with van der Waals surface area (Å²) in [6, 6.07) is 8.60. The van der Waals surface area contributed by atoms with E-state index in [-0.39, 0.29) is 0 Å². The molecule has 0 fully saturated rings. The molecule has 2 rings (SSSR count). The second-order valence-electron chi connectivity index (χ2n) is 3.78. The maximum atomic E-state index is 10.4. The summed E-state index contributed by atoms with van der Waals surface area (Å²) in [5.41, 5.74) is 0.668. The monoisotopic (exact) mass is 353 g/mol. The number of pyridine rings is 1. The lowest BCUT2D eigenvalue weighted by Crippen LogP contribution is -1.89. The molecule has 20 heavy (non-hydrogen) atoms. The summed E-state index contributed by atoms with van der Waals surface area (Å²) < 4.78 is 6.40. The van der Waals surface area contributed by atoms with Crippen LogP contribution in [0.1, 0.15) is 5.56 Å². The van der Waals surface area contributed by atoms with Gasteiger partial charge in [0.15, 0.2) is 0 Å². The number of hydrogen-bond donors (Lipinski definition) is 1. The first-order chi connectivity index (χ1) is 9.54. The minimum atomic E-state index is -1.01. The fourth-order valence-corrected chi connectivity index (χ4v) is 2.10. The Kier molecular flexibility index (Phi) is 4.76. The number of hydrogen-bond acceptors (Lipinski definition) is 3. The van der Waals surface area contributed by atoms with Crippen molar-refractivity contribution in [3.8, 4) is 11.6 Å². The van der Waals surface area contributed by atoms with Crippen molar-refractivity contribution >= 4 is 39.6 Å². The van der Waals surface area contributed by atoms with Gasteiger partial charge in [0.25, 0.3) is 0 Å². The summed E-state index contributed by atoms with van der Waals surface area (Å²) in [6.45, 7) is 0. The second kappa shape index (κ2) is 6.54. The van der Waals surface area contributed by atoms with E-state index in [9.17, 15) is 4.79 Å². The van der Waals surface area contributed by atoms with Crippen molar-refractivity contribution in [1.82, 2.24) is 4.98 Å². The van der Waals surface area contributed by atoms with Crippen molar-refractivity contribution in [3.05, 3.63) is 57.7 Å². The third kappa shape index (κ3) is 4.08. The van der Waals surface area contributed by atoms with Crippen molar-refractivity contribution in [1.29, 1.82) is 0 Å². The Hall–Kier alpha value is -1.85. The van der Waals surface area contributed by atoms with Crippen molar-refractivity contribution in [2.75, 3.05) is 0 Å². The number of benzene rings is 1. The van der Waals surface area contributed by atoms with Gasteiger partial charge in [0.2, 0.25) is 5.88 Å². The molecule has 0 atom stereocenters. The predicted molar refractivity (Wildman–Crippen MR) is 80.1 cm³/mol. The number of carboxylic acid groups (broad SMARTS) is 1. The molecule has 0 saturated carbocycles. The van der Waals surface area contributed by atoms with Gasteiger partial charge >= 0.3 is 5.97 Å². The van der Waals surface area contributed by atoms with Crippen LogP contribution in [0.25, 0.3) is 6.08 Å². The lowest BCUT2D eigenvalue weighted by molar-refractivity contribution is -0.131. The number of carbonyl (C=O) groups is 1. The SMILES string of the molecule is O=C(O)/C=C/c1ccc(Oc2ccc(Br)cc2Cl)nc1. The fourth-order valence-electron chi connectivity index (χ4n) is 1.39. The predicted octanol–water partition coefficient (Wildman–Crippen LogP) is 4.39. The fraction of sp³-hybridized carbons (Fsp3) is 0. The third-order valence-corrected chi connectivity index (χ3v) is 3.07. The normalized spacial score (nSPS) is 10.7. The molecule has 0 aliphatic carbocycles. The molecule has 1 aromatic heterocycles. The largest absolute Gasteiger partial charge is 0.478 e. The highest BCUT2D eigenvalue weighted by molar-refractivity contribution is 9.10. The van der Waals surface area contributed by atoms with Gasteiger partial charge in [0.1, 0.15) is 5.75 Å². The molecule has 102 valence electrons. The van der Waals surface area contributed by atoms with E-state index in [0.717, 1.165) is 10.5 Å². The Morgan fingerprint density at radius 1 is 1.35 bits per heavy atom. The van der Waals surface area contributed by atoms with Crippen LogP contribution in [-0.4, -0.2) is 16.1 Å². The Bertz CT molecular complexity index is 656. The van der Waals surface area contributed by atoms with Crippen molar-refractivity contribution < 1.29 is 14.6 Å². The summed E-state index contributed by atoms with van der Waals surface area (Å²) >= 11 is 9.35. The zero-order valence-electron chi connectivity index (χ0n) is 10.1. The van der Waals surface area contributed by atoms with E-state index in [4.69, 9.17) is 21.4 Å². The van der Waals surface area contributed by atoms with Gasteiger partial charge in [0.05, 0.1) is 5.02 Å². The first-order valence-electron chi connectivity index (χ1n) is 5.54. The van der Waals surface area contributed by atoms with Crippen LogP contribution < -0.4 is 4.74 Å². The highest BCUT2D eigenvalue weighted by atomic mass is 79.9. The van der Waals surface area contributed by atoms with Gasteiger partial charge in [-0.05, 0) is 35.9 Å². The topological polar surface area (TPSA) is 59.4 Å². The summed E-state index contributed by atoms with van der Waals surface area (Å²) in [5, 5.41) is 9.00. The zero-order chi connectivity index (χ0) is 14.5. The van der Waals surface area contributed by atoms with E-state index < -0.39 is 5.97 Å². The van der Waals surface area contributed by atoms with E-state index in [1.165, 1.54) is 12.3 Å². The first kappa shape index (κ1) is 14.6. The summed E-state index contributed by atoms with van der Waals surface area (Å²) in [6.07, 6.45) is 4.01. The molecule has 4 nitrogen and oxygen atoms in total. The molecule has 0 aliphatic heterocycles. The van der Waals surface area contributed by atoms with E-state index in [1.54, 1.807) is 24.3 Å². The van der Waals surface area contributed by atoms with Crippen LogP contribution in [0.5, 0.6) is 11.6 Å². The molecule has 0 aliphatic rings. The summed E-state index contributed by atoms with van der Waals surface area (Å²) in [4.78, 5) is 14.5. The number of ether oxygens (including phenoxy) is 1. The number of nitrogens with zero attached hydrogens (tertiary/aromatic N) is 1. The molecule has 0 unspecified atom stereocenters. The Morgan fingerprint density at radius 3 is 2.75 bits per heavy atom. The van der Waals surface area contributed by atoms with Crippen LogP contribution in [0.3, 0.4) is 0 Å². The van der Waals surface area contributed by atoms with E-state index in [0.29, 0.717) is 22.2 Å². The summed E-state index contributed by atoms with van der Waals surface area (Å²) in [5.74, 6) is -0.134. The standard InChI is InChI=1S/C14H9BrClNO3/c15-10-3-4-12(11(16)7-10)20-13-5-1-9(8-17-13)2-6-14(18)19/h1-8H,(H,18,19)/b6-2+. The first-order valence-corrected chi connectivity index (χ1v) is 6.71. The molecular formula is C14H9BrClNO3. The van der Waals surface area contributed by atoms with Crippen molar-refractivity contribution in [3.63, 3.8) is 0 Å². The van der Waals surface area contributed by atoms with Gasteiger partial charge in [-0.2, -0.15) is 0 Å². The molecule has 2 aromatic rings. The highest BCUT2D eigenvalue weighted by Gasteiger charge is 2.04. The van der Waals surface area contributed by atoms with Crippen LogP contribution in [0.4, 0.5) is 0 Å². The van der Waals surface area contributed by atoms with Gasteiger partial charge in [-0.15, -0.1) is 0 Å². The summed E-state index contributed by atoms with van der Waals surface area (Å²) in [7, 11) is 0. The Morgan fingerprint density at radius 2 is 2.15 bits per heavy atom. The number of aliphatic carboxylic acids is 1. The smallest absolute Gasteiger partial charge is 0.328 e. The van der Waals surface area contributed by atoms with E-state index in [1.807, 2.05) is 6.07 Å². The van der Waals surface area contributed by atoms with E-state index >= 15 is 0 Å². The molecule has 0 spiro atoms. The number of aromatic nitrogens is 1. The quantitative estimate of drug-likeness (QED) is 0.827. The number of carboxylic acids is 1. The minimum Gasteiger partial charge on any atom is -0.478 e. The van der Waals surface area contributed by atoms with Crippen molar-refractivity contribution in [2.24, 2.45) is 0 Å². The Labute approximate surface area is 128 Å². The molecule has 0 amide bonds. The van der Waals surface area contributed by atoms with Gasteiger partial charge in [-0.25, -0.2) is 9.78 Å². The lowest BCUT2D eigenvalue weighted by Gasteiger charge is -2.06. The van der Waals surface area contributed by atoms with Crippen LogP contribution in [0.2, 0.25) is 5.02 Å². The molecule has 1 N–H and O–H groups in total. The van der Waals surface area contributed by atoms with Gasteiger partial charge in [-0.1, -0.05) is 27.5 Å². The van der Waals surface area contributed by atoms with Gasteiger partial charge < -0.3 is 9.84 Å². The third-order valence-electron chi connectivity index (χ3n) is 2.29. The number of rotatable bonds is 4. The molecule has 1 heterocycles. The molecule has 0 radical (unpaired) electrons. The van der Waals surface area contributed by atoms with Crippen LogP contribution in [0.15, 0.2) is 47.1 Å². The van der Waals surface area contributed by atoms with Gasteiger partial charge in [-0.3, -0.25) is 0 Å². The molecule has 6 heteroatoms. The zero-order valence-corrected chi connectivity index (χ0v) is 12.4. The molecule has 1 aromatic carbocycles. The van der Waals surface area contributed by atoms with E-state index in [2.05, 4.69) is 20.9 Å². The van der Waals surface area contributed by atoms with Gasteiger partial charge in [0, 0.05) is 22.8 Å². The molecule has 0 bridgehead atoms. The number of halogens is 2. The second-order valence-corrected chi connectivity index (χ2v) is 5.10. The maximum absolute atomic E-state index is 10.4. The average Bonchev–Trinajstić information content (AvgIpc) is 2.41. The van der Waals surface area contributed by atoms with Crippen LogP contribution in [0, 0.1) is 0 Å². The molecular weight excluding hydrogens is 346 g/mol. The van der Waals surface area contributed by atoms with Crippen molar-refractivity contribution in [2.45, 2.75) is 0 Å². The highest BCUT2D eigenvalue weighted by Crippen LogP contribution is 2.30. The Balaban J connectivity index is 2.12.